The summed E-state index contributed by atoms with van der Waals surface area (Å²) in [6.45, 7) is 3.67. The van der Waals surface area contributed by atoms with Crippen LogP contribution in [0.3, 0.4) is 0 Å². The molecule has 3 rings (SSSR count). The molecule has 2 atom stereocenters. The summed E-state index contributed by atoms with van der Waals surface area (Å²) in [7, 11) is 0. The Labute approximate surface area is 172 Å². The number of nitrogens with zero attached hydrogens (tertiary/aromatic N) is 1. The van der Waals surface area contributed by atoms with Crippen molar-refractivity contribution in [3.05, 3.63) is 70.7 Å². The summed E-state index contributed by atoms with van der Waals surface area (Å²) in [5, 5.41) is 12.4. The van der Waals surface area contributed by atoms with E-state index in [0.29, 0.717) is 24.6 Å². The minimum atomic E-state index is -1.15. The zero-order valence-corrected chi connectivity index (χ0v) is 17.1. The van der Waals surface area contributed by atoms with Crippen LogP contribution in [0.4, 0.5) is 0 Å². The smallest absolute Gasteiger partial charge is 0.323 e. The van der Waals surface area contributed by atoms with Crippen LogP contribution < -0.4 is 0 Å². The molecule has 2 aromatic carbocycles. The van der Waals surface area contributed by atoms with E-state index in [2.05, 4.69) is 4.90 Å². The summed E-state index contributed by atoms with van der Waals surface area (Å²) in [5.41, 5.74) is 0.484. The molecule has 4 nitrogen and oxygen atoms in total. The van der Waals surface area contributed by atoms with Gasteiger partial charge >= 0.3 is 5.97 Å². The van der Waals surface area contributed by atoms with Crippen molar-refractivity contribution >= 4 is 17.6 Å². The molecule has 1 aliphatic heterocycles. The molecular formula is C23H28ClNO3. The van der Waals surface area contributed by atoms with Gasteiger partial charge in [0.1, 0.15) is 11.6 Å². The summed E-state index contributed by atoms with van der Waals surface area (Å²) in [6.07, 6.45) is 3.37. The normalized spacial score (nSPS) is 19.8. The minimum absolute atomic E-state index is 0.156. The molecule has 0 bridgehead atoms. The lowest BCUT2D eigenvalue weighted by Crippen LogP contribution is -2.47. The van der Waals surface area contributed by atoms with Gasteiger partial charge in [0.25, 0.3) is 0 Å². The molecule has 0 aromatic heterocycles. The molecule has 0 spiro atoms. The van der Waals surface area contributed by atoms with E-state index >= 15 is 0 Å². The van der Waals surface area contributed by atoms with Crippen LogP contribution in [0, 0.1) is 0 Å². The van der Waals surface area contributed by atoms with E-state index in [1.54, 1.807) is 12.1 Å². The van der Waals surface area contributed by atoms with Gasteiger partial charge in [-0.3, -0.25) is 9.69 Å². The second kappa shape index (κ2) is 9.55. The van der Waals surface area contributed by atoms with Crippen molar-refractivity contribution in [3.63, 3.8) is 0 Å². The molecule has 150 valence electrons. The Morgan fingerprint density at radius 1 is 1.14 bits per heavy atom. The zero-order chi connectivity index (χ0) is 20.0. The average molecular weight is 402 g/mol. The summed E-state index contributed by atoms with van der Waals surface area (Å²) < 4.78 is 5.27. The van der Waals surface area contributed by atoms with Gasteiger partial charge in [0.15, 0.2) is 0 Å². The van der Waals surface area contributed by atoms with Crippen LogP contribution in [0.5, 0.6) is 0 Å². The Morgan fingerprint density at radius 2 is 1.82 bits per heavy atom. The van der Waals surface area contributed by atoms with Gasteiger partial charge < -0.3 is 9.84 Å². The first-order valence-electron chi connectivity index (χ1n) is 9.99. The van der Waals surface area contributed by atoms with Crippen LogP contribution in [0.15, 0.2) is 54.6 Å². The van der Waals surface area contributed by atoms with Crippen molar-refractivity contribution in [2.75, 3.05) is 19.7 Å². The lowest BCUT2D eigenvalue weighted by atomic mass is 9.83. The molecule has 1 saturated heterocycles. The Bertz CT molecular complexity index is 765. The SMILES string of the molecule is CCOC(=O)C1CCCCN1CCC(O)(c1ccccc1)c1ccc(Cl)cc1. The monoisotopic (exact) mass is 401 g/mol. The lowest BCUT2D eigenvalue weighted by Gasteiger charge is -2.37. The molecule has 28 heavy (non-hydrogen) atoms. The van der Waals surface area contributed by atoms with Crippen molar-refractivity contribution in [3.8, 4) is 0 Å². The van der Waals surface area contributed by atoms with Gasteiger partial charge in [-0.05, 0) is 56.0 Å². The summed E-state index contributed by atoms with van der Waals surface area (Å²) in [4.78, 5) is 14.5. The summed E-state index contributed by atoms with van der Waals surface area (Å²) in [5.74, 6) is -0.156. The zero-order valence-electron chi connectivity index (χ0n) is 16.3. The highest BCUT2D eigenvalue weighted by atomic mass is 35.5. The number of rotatable bonds is 7. The van der Waals surface area contributed by atoms with E-state index in [1.165, 1.54) is 0 Å². The van der Waals surface area contributed by atoms with Crippen molar-refractivity contribution < 1.29 is 14.6 Å². The maximum atomic E-state index is 12.4. The number of ether oxygens (including phenoxy) is 1. The number of likely N-dealkylation sites (tertiary alicyclic amines) is 1. The van der Waals surface area contributed by atoms with Gasteiger partial charge in [0.2, 0.25) is 0 Å². The molecule has 0 aliphatic carbocycles. The number of carbonyl (C=O) groups excluding carboxylic acids is 1. The van der Waals surface area contributed by atoms with Crippen LogP contribution in [0.25, 0.3) is 0 Å². The molecule has 0 saturated carbocycles. The molecular weight excluding hydrogens is 374 g/mol. The maximum Gasteiger partial charge on any atom is 0.323 e. The summed E-state index contributed by atoms with van der Waals surface area (Å²) >= 11 is 6.05. The Kier molecular flexibility index (Phi) is 7.11. The quantitative estimate of drug-likeness (QED) is 0.699. The molecule has 0 amide bonds. The summed E-state index contributed by atoms with van der Waals surface area (Å²) in [6, 6.07) is 16.8. The fourth-order valence-electron chi connectivity index (χ4n) is 3.96. The van der Waals surface area contributed by atoms with E-state index in [4.69, 9.17) is 16.3 Å². The van der Waals surface area contributed by atoms with Gasteiger partial charge in [-0.1, -0.05) is 60.5 Å². The van der Waals surface area contributed by atoms with Crippen LogP contribution in [0.1, 0.15) is 43.7 Å². The molecule has 1 aliphatic rings. The highest BCUT2D eigenvalue weighted by molar-refractivity contribution is 6.30. The number of halogens is 1. The highest BCUT2D eigenvalue weighted by Gasteiger charge is 2.35. The third-order valence-corrected chi connectivity index (χ3v) is 5.76. The Hall–Kier alpha value is -1.88. The van der Waals surface area contributed by atoms with Crippen molar-refractivity contribution in [2.45, 2.75) is 44.2 Å². The number of esters is 1. The molecule has 1 fully saturated rings. The standard InChI is InChI=1S/C23H28ClNO3/c1-2-28-22(26)21-10-6-7-16-25(21)17-15-23(27,18-8-4-3-5-9-18)19-11-13-20(24)14-12-19/h3-5,8-9,11-14,21,27H,2,6-7,10,15-17H2,1H3. The van der Waals surface area contributed by atoms with Gasteiger partial charge in [-0.15, -0.1) is 0 Å². The van der Waals surface area contributed by atoms with E-state index in [-0.39, 0.29) is 12.0 Å². The topological polar surface area (TPSA) is 49.8 Å². The molecule has 1 heterocycles. The van der Waals surface area contributed by atoms with Gasteiger partial charge in [0, 0.05) is 11.6 Å². The second-order valence-electron chi connectivity index (χ2n) is 7.28. The van der Waals surface area contributed by atoms with E-state index in [0.717, 1.165) is 36.9 Å². The van der Waals surface area contributed by atoms with Crippen molar-refractivity contribution in [1.29, 1.82) is 0 Å². The number of benzene rings is 2. The number of piperidine rings is 1. The van der Waals surface area contributed by atoms with Gasteiger partial charge in [0.05, 0.1) is 6.61 Å². The fourth-order valence-corrected chi connectivity index (χ4v) is 4.09. The first kappa shape index (κ1) is 20.8. The first-order chi connectivity index (χ1) is 13.5. The van der Waals surface area contributed by atoms with Crippen LogP contribution in [-0.2, 0) is 15.1 Å². The van der Waals surface area contributed by atoms with Crippen molar-refractivity contribution in [1.82, 2.24) is 4.90 Å². The maximum absolute atomic E-state index is 12.4. The van der Waals surface area contributed by atoms with Crippen LogP contribution in [-0.4, -0.2) is 41.7 Å². The van der Waals surface area contributed by atoms with Gasteiger partial charge in [-0.25, -0.2) is 0 Å². The van der Waals surface area contributed by atoms with Crippen LogP contribution in [0.2, 0.25) is 5.02 Å². The first-order valence-corrected chi connectivity index (χ1v) is 10.4. The lowest BCUT2D eigenvalue weighted by molar-refractivity contribution is -0.151. The predicted molar refractivity (Wildman–Crippen MR) is 111 cm³/mol. The molecule has 5 heteroatoms. The van der Waals surface area contributed by atoms with E-state index < -0.39 is 5.60 Å². The average Bonchev–Trinajstić information content (AvgIpc) is 2.73. The highest BCUT2D eigenvalue weighted by Crippen LogP contribution is 2.34. The van der Waals surface area contributed by atoms with E-state index in [9.17, 15) is 9.90 Å². The third kappa shape index (κ3) is 4.75. The molecule has 2 unspecified atom stereocenters. The minimum Gasteiger partial charge on any atom is -0.465 e. The molecule has 0 radical (unpaired) electrons. The van der Waals surface area contributed by atoms with Gasteiger partial charge in [-0.2, -0.15) is 0 Å². The number of hydrogen-bond donors (Lipinski definition) is 1. The Morgan fingerprint density at radius 3 is 2.50 bits per heavy atom. The molecule has 2 aromatic rings. The largest absolute Gasteiger partial charge is 0.465 e. The predicted octanol–water partition coefficient (Wildman–Crippen LogP) is 4.38. The molecule has 1 N–H and O–H groups in total. The number of aliphatic hydroxyl groups is 1. The second-order valence-corrected chi connectivity index (χ2v) is 7.72. The number of hydrogen-bond acceptors (Lipinski definition) is 4. The van der Waals surface area contributed by atoms with Crippen molar-refractivity contribution in [2.24, 2.45) is 0 Å². The van der Waals surface area contributed by atoms with Crippen LogP contribution >= 0.6 is 11.6 Å². The third-order valence-electron chi connectivity index (χ3n) is 5.51. The fraction of sp³-hybridized carbons (Fsp3) is 0.435. The van der Waals surface area contributed by atoms with E-state index in [1.807, 2.05) is 49.4 Å². The Balaban J connectivity index is 1.83. The number of carbonyl (C=O) groups is 1.